The van der Waals surface area contributed by atoms with Gasteiger partial charge in [0.2, 0.25) is 0 Å². The molecule has 1 unspecified atom stereocenters. The fourth-order valence-electron chi connectivity index (χ4n) is 2.60. The van der Waals surface area contributed by atoms with Crippen LogP contribution in [0, 0.1) is 11.8 Å². The normalized spacial score (nSPS) is 19.3. The van der Waals surface area contributed by atoms with E-state index >= 15 is 0 Å². The molecule has 1 atom stereocenters. The standard InChI is InChI=1S/C18H24N2O5S2/c1-4-5-12-25-14-7-9-15(10-8-14)27(23,24)20(22)17(21)16-18(2,3)26-13-6-11-19-16/h7-10,16,19,22H,6,11-13H2,1-3H3. The minimum Gasteiger partial charge on any atom is -0.481 e. The molecule has 1 aliphatic rings. The Balaban J connectivity index is 2.19. The average molecular weight is 413 g/mol. The lowest BCUT2D eigenvalue weighted by Crippen LogP contribution is -2.55. The average Bonchev–Trinajstić information content (AvgIpc) is 2.81. The highest BCUT2D eigenvalue weighted by molar-refractivity contribution is 8.00. The number of sulfonamides is 1. The second-order valence-electron chi connectivity index (χ2n) is 6.47. The van der Waals surface area contributed by atoms with E-state index in [9.17, 15) is 18.4 Å². The SMILES string of the molecule is CC#CCOc1ccc(S(=O)(=O)N(O)C(=O)C2NCCCSC2(C)C)cc1. The molecule has 0 spiro atoms. The van der Waals surface area contributed by atoms with Crippen molar-refractivity contribution in [1.82, 2.24) is 9.79 Å². The molecule has 1 aromatic rings. The maximum atomic E-state index is 12.7. The molecule has 7 nitrogen and oxygen atoms in total. The van der Waals surface area contributed by atoms with Crippen LogP contribution < -0.4 is 10.1 Å². The predicted octanol–water partition coefficient (Wildman–Crippen LogP) is 1.87. The van der Waals surface area contributed by atoms with Crippen LogP contribution in [0.15, 0.2) is 29.2 Å². The first-order chi connectivity index (χ1) is 12.7. The molecule has 1 heterocycles. The number of benzene rings is 1. The Morgan fingerprint density at radius 1 is 1.41 bits per heavy atom. The summed E-state index contributed by atoms with van der Waals surface area (Å²) in [5.74, 6) is 5.82. The van der Waals surface area contributed by atoms with Gasteiger partial charge in [0.25, 0.3) is 15.9 Å². The fraction of sp³-hybridized carbons (Fsp3) is 0.500. The molecule has 0 saturated carbocycles. The zero-order valence-corrected chi connectivity index (χ0v) is 17.2. The molecule has 0 aliphatic carbocycles. The zero-order chi connectivity index (χ0) is 20.1. The van der Waals surface area contributed by atoms with Crippen LogP contribution >= 0.6 is 11.8 Å². The zero-order valence-electron chi connectivity index (χ0n) is 15.6. The number of hydroxylamine groups is 1. The summed E-state index contributed by atoms with van der Waals surface area (Å²) in [6, 6.07) is 4.64. The van der Waals surface area contributed by atoms with Gasteiger partial charge >= 0.3 is 0 Å². The number of rotatable bonds is 5. The largest absolute Gasteiger partial charge is 0.481 e. The third-order valence-electron chi connectivity index (χ3n) is 4.11. The van der Waals surface area contributed by atoms with Gasteiger partial charge in [0.1, 0.15) is 18.4 Å². The molecular formula is C18H24N2O5S2. The number of carbonyl (C=O) groups excluding carboxylic acids is 1. The van der Waals surface area contributed by atoms with Crippen LogP contribution in [0.2, 0.25) is 0 Å². The van der Waals surface area contributed by atoms with E-state index in [1.165, 1.54) is 24.3 Å². The van der Waals surface area contributed by atoms with E-state index in [0.29, 0.717) is 12.3 Å². The molecule has 1 aliphatic heterocycles. The van der Waals surface area contributed by atoms with Crippen LogP contribution in [-0.2, 0) is 14.8 Å². The summed E-state index contributed by atoms with van der Waals surface area (Å²) < 4.78 is 29.9. The lowest BCUT2D eigenvalue weighted by molar-refractivity contribution is -0.149. The second kappa shape index (κ2) is 8.97. The maximum absolute atomic E-state index is 12.7. The van der Waals surface area contributed by atoms with Gasteiger partial charge in [0.15, 0.2) is 0 Å². The molecule has 148 valence electrons. The van der Waals surface area contributed by atoms with Gasteiger partial charge in [-0.25, -0.2) is 0 Å². The molecule has 27 heavy (non-hydrogen) atoms. The summed E-state index contributed by atoms with van der Waals surface area (Å²) in [6.45, 7) is 6.16. The van der Waals surface area contributed by atoms with Crippen molar-refractivity contribution in [2.24, 2.45) is 0 Å². The Kier molecular flexibility index (Phi) is 7.17. The predicted molar refractivity (Wildman–Crippen MR) is 104 cm³/mol. The van der Waals surface area contributed by atoms with Gasteiger partial charge in [-0.15, -0.1) is 10.4 Å². The molecule has 2 N–H and O–H groups in total. The first kappa shape index (κ1) is 21.6. The minimum atomic E-state index is -4.39. The third kappa shape index (κ3) is 5.17. The molecule has 1 saturated heterocycles. The van der Waals surface area contributed by atoms with Crippen molar-refractivity contribution in [3.05, 3.63) is 24.3 Å². The van der Waals surface area contributed by atoms with Crippen LogP contribution in [0.25, 0.3) is 0 Å². The van der Waals surface area contributed by atoms with Gasteiger partial charge in [0.05, 0.1) is 4.90 Å². The molecular weight excluding hydrogens is 388 g/mol. The van der Waals surface area contributed by atoms with Crippen molar-refractivity contribution in [2.45, 2.75) is 42.9 Å². The van der Waals surface area contributed by atoms with E-state index in [1.54, 1.807) is 18.7 Å². The van der Waals surface area contributed by atoms with E-state index in [0.717, 1.165) is 12.2 Å². The number of carbonyl (C=O) groups is 1. The van der Waals surface area contributed by atoms with Crippen LogP contribution in [0.1, 0.15) is 27.2 Å². The first-order valence-corrected chi connectivity index (χ1v) is 10.9. The van der Waals surface area contributed by atoms with Crippen molar-refractivity contribution >= 4 is 27.7 Å². The van der Waals surface area contributed by atoms with Crippen LogP contribution in [0.3, 0.4) is 0 Å². The van der Waals surface area contributed by atoms with Gasteiger partial charge in [-0.2, -0.15) is 20.2 Å². The summed E-state index contributed by atoms with van der Waals surface area (Å²) in [4.78, 5) is 12.5. The Morgan fingerprint density at radius 2 is 2.07 bits per heavy atom. The van der Waals surface area contributed by atoms with Crippen molar-refractivity contribution in [3.63, 3.8) is 0 Å². The second-order valence-corrected chi connectivity index (χ2v) is 9.98. The molecule has 9 heteroatoms. The molecule has 0 aromatic heterocycles. The highest BCUT2D eigenvalue weighted by atomic mass is 32.2. The molecule has 1 aromatic carbocycles. The highest BCUT2D eigenvalue weighted by Crippen LogP contribution is 2.32. The van der Waals surface area contributed by atoms with Gasteiger partial charge in [-0.3, -0.25) is 10.0 Å². The fourth-order valence-corrected chi connectivity index (χ4v) is 4.78. The number of nitrogens with zero attached hydrogens (tertiary/aromatic N) is 1. The van der Waals surface area contributed by atoms with E-state index in [1.807, 2.05) is 13.8 Å². The van der Waals surface area contributed by atoms with E-state index < -0.39 is 26.7 Å². The Morgan fingerprint density at radius 3 is 2.70 bits per heavy atom. The van der Waals surface area contributed by atoms with Crippen molar-refractivity contribution in [3.8, 4) is 17.6 Å². The maximum Gasteiger partial charge on any atom is 0.289 e. The molecule has 0 bridgehead atoms. The van der Waals surface area contributed by atoms with Gasteiger partial charge in [-0.05, 0) is 63.8 Å². The third-order valence-corrected chi connectivity index (χ3v) is 7.09. The van der Waals surface area contributed by atoms with Gasteiger partial charge in [0, 0.05) is 4.75 Å². The number of hydrogen-bond donors (Lipinski definition) is 2. The highest BCUT2D eigenvalue weighted by Gasteiger charge is 2.42. The van der Waals surface area contributed by atoms with E-state index in [-0.39, 0.29) is 16.0 Å². The summed E-state index contributed by atoms with van der Waals surface area (Å²) in [6.07, 6.45) is 0.861. The summed E-state index contributed by atoms with van der Waals surface area (Å²) in [7, 11) is -4.39. The topological polar surface area (TPSA) is 95.9 Å². The van der Waals surface area contributed by atoms with Crippen LogP contribution in [0.4, 0.5) is 0 Å². The van der Waals surface area contributed by atoms with Gasteiger partial charge < -0.3 is 10.1 Å². The van der Waals surface area contributed by atoms with Crippen LogP contribution in [-0.4, -0.2) is 53.7 Å². The molecule has 1 fully saturated rings. The molecule has 1 amide bonds. The lowest BCUT2D eigenvalue weighted by atomic mass is 10.0. The summed E-state index contributed by atoms with van der Waals surface area (Å²) in [5, 5.41) is 13.3. The number of ether oxygens (including phenoxy) is 1. The Bertz CT molecular complexity index is 826. The molecule has 0 radical (unpaired) electrons. The van der Waals surface area contributed by atoms with Crippen molar-refractivity contribution < 1.29 is 23.2 Å². The first-order valence-electron chi connectivity index (χ1n) is 8.48. The number of hydrogen-bond acceptors (Lipinski definition) is 7. The van der Waals surface area contributed by atoms with E-state index in [4.69, 9.17) is 4.74 Å². The number of thioether (sulfide) groups is 1. The number of nitrogens with one attached hydrogen (secondary N) is 1. The van der Waals surface area contributed by atoms with Crippen molar-refractivity contribution in [1.29, 1.82) is 0 Å². The lowest BCUT2D eigenvalue weighted by Gasteiger charge is -2.32. The summed E-state index contributed by atoms with van der Waals surface area (Å²) >= 11 is 1.57. The quantitative estimate of drug-likeness (QED) is 0.433. The Hall–Kier alpha value is -1.73. The smallest absolute Gasteiger partial charge is 0.289 e. The minimum absolute atomic E-state index is 0.156. The monoisotopic (exact) mass is 412 g/mol. The number of amides is 1. The molecule has 2 rings (SSSR count). The van der Waals surface area contributed by atoms with Crippen molar-refractivity contribution in [2.75, 3.05) is 18.9 Å². The Labute approximate surface area is 164 Å². The van der Waals surface area contributed by atoms with Gasteiger partial charge in [-0.1, -0.05) is 5.92 Å². The van der Waals surface area contributed by atoms with Crippen LogP contribution in [0.5, 0.6) is 5.75 Å². The summed E-state index contributed by atoms with van der Waals surface area (Å²) in [5.41, 5.74) is 0. The van der Waals surface area contributed by atoms with E-state index in [2.05, 4.69) is 17.2 Å².